The van der Waals surface area contributed by atoms with Gasteiger partial charge in [-0.3, -0.25) is 0 Å². The van der Waals surface area contributed by atoms with Crippen molar-refractivity contribution in [1.29, 1.82) is 0 Å². The second kappa shape index (κ2) is 5.15. The monoisotopic (exact) mass is 310 g/mol. The van der Waals surface area contributed by atoms with Crippen LogP contribution in [0, 0.1) is 13.8 Å². The highest BCUT2D eigenvalue weighted by molar-refractivity contribution is 9.10. The maximum atomic E-state index is 6.06. The molecule has 1 aromatic carbocycles. The quantitative estimate of drug-likeness (QED) is 0.780. The van der Waals surface area contributed by atoms with Gasteiger partial charge in [0, 0.05) is 22.2 Å². The smallest absolute Gasteiger partial charge is 0.135 e. The van der Waals surface area contributed by atoms with E-state index in [1.165, 1.54) is 0 Å². The van der Waals surface area contributed by atoms with Crippen LogP contribution in [0.1, 0.15) is 22.6 Å². The van der Waals surface area contributed by atoms with E-state index in [1.54, 1.807) is 0 Å². The molecule has 0 spiro atoms. The van der Waals surface area contributed by atoms with Crippen LogP contribution in [0.2, 0.25) is 5.15 Å². The van der Waals surface area contributed by atoms with E-state index in [1.807, 2.05) is 32.0 Å². The summed E-state index contributed by atoms with van der Waals surface area (Å²) in [6, 6.07) is 8.05. The summed E-state index contributed by atoms with van der Waals surface area (Å²) in [4.78, 5) is 8.76. The van der Waals surface area contributed by atoms with Gasteiger partial charge < -0.3 is 0 Å². The van der Waals surface area contributed by atoms with Crippen LogP contribution in [0.15, 0.2) is 28.7 Å². The molecular weight excluding hydrogens is 300 g/mol. The SMILES string of the molecule is Cc1nc(Cc2ccccc2Br)nc(Cl)c1C. The van der Waals surface area contributed by atoms with E-state index < -0.39 is 0 Å². The second-order valence-corrected chi connectivity index (χ2v) is 5.12. The van der Waals surface area contributed by atoms with Crippen molar-refractivity contribution in [1.82, 2.24) is 9.97 Å². The Hall–Kier alpha value is -0.930. The van der Waals surface area contributed by atoms with Crippen molar-refractivity contribution in [3.05, 3.63) is 56.5 Å². The number of benzene rings is 1. The molecule has 1 aromatic heterocycles. The van der Waals surface area contributed by atoms with Crippen molar-refractivity contribution in [3.8, 4) is 0 Å². The zero-order chi connectivity index (χ0) is 12.4. The van der Waals surface area contributed by atoms with Crippen LogP contribution in [0.25, 0.3) is 0 Å². The molecule has 4 heteroatoms. The Bertz CT molecular complexity index is 532. The van der Waals surface area contributed by atoms with Gasteiger partial charge in [-0.25, -0.2) is 9.97 Å². The summed E-state index contributed by atoms with van der Waals surface area (Å²) < 4.78 is 1.07. The van der Waals surface area contributed by atoms with Gasteiger partial charge in [0.15, 0.2) is 0 Å². The third-order valence-corrected chi connectivity index (χ3v) is 3.82. The van der Waals surface area contributed by atoms with Gasteiger partial charge in [0.1, 0.15) is 11.0 Å². The number of rotatable bonds is 2. The predicted molar refractivity (Wildman–Crippen MR) is 73.5 cm³/mol. The Morgan fingerprint density at radius 2 is 1.88 bits per heavy atom. The molecule has 0 aliphatic heterocycles. The maximum Gasteiger partial charge on any atom is 0.135 e. The van der Waals surface area contributed by atoms with Crippen molar-refractivity contribution in [2.75, 3.05) is 0 Å². The van der Waals surface area contributed by atoms with Crippen molar-refractivity contribution in [3.63, 3.8) is 0 Å². The third kappa shape index (κ3) is 2.85. The fourth-order valence-corrected chi connectivity index (χ4v) is 2.20. The summed E-state index contributed by atoms with van der Waals surface area (Å²) in [7, 11) is 0. The van der Waals surface area contributed by atoms with E-state index in [-0.39, 0.29) is 0 Å². The summed E-state index contributed by atoms with van der Waals surface area (Å²) in [5.74, 6) is 0.755. The molecule has 0 aliphatic rings. The minimum absolute atomic E-state index is 0.541. The average molecular weight is 312 g/mol. The topological polar surface area (TPSA) is 25.8 Å². The molecular formula is C13H12BrClN2. The largest absolute Gasteiger partial charge is 0.238 e. The first-order valence-electron chi connectivity index (χ1n) is 5.31. The summed E-state index contributed by atoms with van der Waals surface area (Å²) in [6.07, 6.45) is 0.683. The molecule has 0 saturated carbocycles. The van der Waals surface area contributed by atoms with Crippen LogP contribution in [0.4, 0.5) is 0 Å². The number of aryl methyl sites for hydroxylation is 1. The van der Waals surface area contributed by atoms with Crippen molar-refractivity contribution >= 4 is 27.5 Å². The van der Waals surface area contributed by atoms with E-state index in [9.17, 15) is 0 Å². The molecule has 0 radical (unpaired) electrons. The fourth-order valence-electron chi connectivity index (χ4n) is 1.54. The van der Waals surface area contributed by atoms with E-state index in [4.69, 9.17) is 11.6 Å². The fraction of sp³-hybridized carbons (Fsp3) is 0.231. The first kappa shape index (κ1) is 12.5. The molecule has 2 aromatic rings. The number of hydrogen-bond donors (Lipinski definition) is 0. The lowest BCUT2D eigenvalue weighted by Gasteiger charge is -2.07. The Morgan fingerprint density at radius 3 is 2.53 bits per heavy atom. The molecule has 0 amide bonds. The Balaban J connectivity index is 2.34. The highest BCUT2D eigenvalue weighted by Crippen LogP contribution is 2.20. The normalized spacial score (nSPS) is 10.6. The van der Waals surface area contributed by atoms with Crippen LogP contribution in [0.5, 0.6) is 0 Å². The van der Waals surface area contributed by atoms with Gasteiger partial charge in [-0.05, 0) is 25.5 Å². The van der Waals surface area contributed by atoms with Gasteiger partial charge in [-0.2, -0.15) is 0 Å². The van der Waals surface area contributed by atoms with E-state index >= 15 is 0 Å². The maximum absolute atomic E-state index is 6.06. The minimum Gasteiger partial charge on any atom is -0.238 e. The molecule has 0 bridgehead atoms. The zero-order valence-corrected chi connectivity index (χ0v) is 12.0. The standard InChI is InChI=1S/C13H12BrClN2/c1-8-9(2)16-12(17-13(8)15)7-10-5-3-4-6-11(10)14/h3-6H,7H2,1-2H3. The average Bonchev–Trinajstić information content (AvgIpc) is 2.29. The van der Waals surface area contributed by atoms with Crippen LogP contribution < -0.4 is 0 Å². The lowest BCUT2D eigenvalue weighted by Crippen LogP contribution is -2.01. The first-order chi connectivity index (χ1) is 8.08. The third-order valence-electron chi connectivity index (χ3n) is 2.68. The lowest BCUT2D eigenvalue weighted by atomic mass is 10.1. The van der Waals surface area contributed by atoms with Gasteiger partial charge in [-0.1, -0.05) is 45.7 Å². The second-order valence-electron chi connectivity index (χ2n) is 3.91. The van der Waals surface area contributed by atoms with Gasteiger partial charge in [0.25, 0.3) is 0 Å². The van der Waals surface area contributed by atoms with Gasteiger partial charge >= 0.3 is 0 Å². The van der Waals surface area contributed by atoms with Gasteiger partial charge in [0.2, 0.25) is 0 Å². The van der Waals surface area contributed by atoms with Crippen molar-refractivity contribution < 1.29 is 0 Å². The zero-order valence-electron chi connectivity index (χ0n) is 9.67. The number of aromatic nitrogens is 2. The molecule has 0 atom stereocenters. The summed E-state index contributed by atoms with van der Waals surface area (Å²) in [6.45, 7) is 3.88. The predicted octanol–water partition coefficient (Wildman–Crippen LogP) is 4.10. The van der Waals surface area contributed by atoms with E-state index in [0.29, 0.717) is 11.6 Å². The number of hydrogen-bond acceptors (Lipinski definition) is 2. The first-order valence-corrected chi connectivity index (χ1v) is 6.48. The molecule has 1 heterocycles. The summed E-state index contributed by atoms with van der Waals surface area (Å²) in [5, 5.41) is 0.541. The Morgan fingerprint density at radius 1 is 1.18 bits per heavy atom. The van der Waals surface area contributed by atoms with Crippen molar-refractivity contribution in [2.24, 2.45) is 0 Å². The molecule has 0 fully saturated rings. The molecule has 88 valence electrons. The Kier molecular flexibility index (Phi) is 3.79. The molecule has 0 N–H and O–H groups in total. The van der Waals surface area contributed by atoms with Crippen LogP contribution >= 0.6 is 27.5 Å². The van der Waals surface area contributed by atoms with Crippen molar-refractivity contribution in [2.45, 2.75) is 20.3 Å². The highest BCUT2D eigenvalue weighted by Gasteiger charge is 2.08. The number of nitrogens with zero attached hydrogens (tertiary/aromatic N) is 2. The molecule has 2 rings (SSSR count). The summed E-state index contributed by atoms with van der Waals surface area (Å²) in [5.41, 5.74) is 3.04. The molecule has 17 heavy (non-hydrogen) atoms. The van der Waals surface area contributed by atoms with Gasteiger partial charge in [0.05, 0.1) is 0 Å². The molecule has 0 aliphatic carbocycles. The van der Waals surface area contributed by atoms with Crippen LogP contribution in [-0.4, -0.2) is 9.97 Å². The molecule has 0 unspecified atom stereocenters. The Labute approximate surface area is 114 Å². The van der Waals surface area contributed by atoms with E-state index in [2.05, 4.69) is 32.0 Å². The van der Waals surface area contributed by atoms with Crippen LogP contribution in [-0.2, 0) is 6.42 Å². The molecule has 0 saturated heterocycles. The number of halogens is 2. The van der Waals surface area contributed by atoms with Gasteiger partial charge in [-0.15, -0.1) is 0 Å². The molecule has 2 nitrogen and oxygen atoms in total. The lowest BCUT2D eigenvalue weighted by molar-refractivity contribution is 0.924. The minimum atomic E-state index is 0.541. The summed E-state index contributed by atoms with van der Waals surface area (Å²) >= 11 is 9.58. The van der Waals surface area contributed by atoms with Crippen LogP contribution in [0.3, 0.4) is 0 Å². The highest BCUT2D eigenvalue weighted by atomic mass is 79.9. The van der Waals surface area contributed by atoms with E-state index in [0.717, 1.165) is 27.1 Å².